The van der Waals surface area contributed by atoms with Crippen LogP contribution in [0.4, 0.5) is 0 Å². The van der Waals surface area contributed by atoms with Crippen LogP contribution in [0.5, 0.6) is 0 Å². The van der Waals surface area contributed by atoms with E-state index in [2.05, 4.69) is 226 Å². The van der Waals surface area contributed by atoms with Crippen molar-refractivity contribution in [2.75, 3.05) is 0 Å². The van der Waals surface area contributed by atoms with Gasteiger partial charge in [0.05, 0.1) is 38.8 Å². The van der Waals surface area contributed by atoms with E-state index in [-0.39, 0.29) is 0 Å². The Kier molecular flexibility index (Phi) is 6.93. The van der Waals surface area contributed by atoms with Crippen molar-refractivity contribution in [3.8, 4) is 39.3 Å². The summed E-state index contributed by atoms with van der Waals surface area (Å²) in [6.07, 6.45) is 0. The maximum absolute atomic E-state index is 2.43. The van der Waals surface area contributed by atoms with Gasteiger partial charge in [0.15, 0.2) is 0 Å². The first-order valence-electron chi connectivity index (χ1n) is 19.6. The monoisotopic (exact) mass is 725 g/mol. The molecule has 0 amide bonds. The second kappa shape index (κ2) is 12.5. The Morgan fingerprint density at radius 3 is 1.18 bits per heavy atom. The highest BCUT2D eigenvalue weighted by Gasteiger charge is 2.19. The van der Waals surface area contributed by atoms with E-state index in [1.807, 2.05) is 0 Å². The number of aromatic nitrogens is 3. The summed E-state index contributed by atoms with van der Waals surface area (Å²) in [5, 5.41) is 7.51. The van der Waals surface area contributed by atoms with Crippen molar-refractivity contribution in [2.45, 2.75) is 0 Å². The van der Waals surface area contributed by atoms with Gasteiger partial charge in [0.2, 0.25) is 0 Å². The van der Waals surface area contributed by atoms with Gasteiger partial charge < -0.3 is 13.7 Å². The first-order chi connectivity index (χ1) is 28.3. The van der Waals surface area contributed by atoms with E-state index in [4.69, 9.17) is 0 Å². The van der Waals surface area contributed by atoms with Crippen molar-refractivity contribution >= 4 is 65.4 Å². The average molecular weight is 726 g/mol. The number of fused-ring (bicyclic) bond motifs is 9. The minimum atomic E-state index is 1.14. The summed E-state index contributed by atoms with van der Waals surface area (Å²) < 4.78 is 7.25. The van der Waals surface area contributed by atoms with Gasteiger partial charge in [0, 0.05) is 49.3 Å². The van der Waals surface area contributed by atoms with Gasteiger partial charge in [-0.05, 0) is 89.5 Å². The van der Waals surface area contributed by atoms with E-state index < -0.39 is 0 Å². The number of nitrogens with zero attached hydrogens (tertiary/aromatic N) is 3. The number of hydrogen-bond acceptors (Lipinski definition) is 0. The first-order valence-corrected chi connectivity index (χ1v) is 19.6. The summed E-state index contributed by atoms with van der Waals surface area (Å²) in [6, 6.07) is 77.4. The molecule has 266 valence electrons. The highest BCUT2D eigenvalue weighted by Crippen LogP contribution is 2.40. The van der Waals surface area contributed by atoms with Gasteiger partial charge in [0.25, 0.3) is 0 Å². The van der Waals surface area contributed by atoms with Crippen LogP contribution in [-0.4, -0.2) is 13.7 Å². The Labute approximate surface area is 329 Å². The Morgan fingerprint density at radius 1 is 0.228 bits per heavy atom. The van der Waals surface area contributed by atoms with E-state index in [1.165, 1.54) is 93.4 Å². The third kappa shape index (κ3) is 4.79. The lowest BCUT2D eigenvalue weighted by Gasteiger charge is -2.14. The summed E-state index contributed by atoms with van der Waals surface area (Å²) in [5.74, 6) is 0. The molecule has 0 saturated heterocycles. The zero-order valence-corrected chi connectivity index (χ0v) is 31.0. The van der Waals surface area contributed by atoms with E-state index in [9.17, 15) is 0 Å². The zero-order valence-electron chi connectivity index (χ0n) is 31.0. The third-order valence-electron chi connectivity index (χ3n) is 11.8. The highest BCUT2D eigenvalue weighted by atomic mass is 15.0. The molecule has 3 aromatic heterocycles. The van der Waals surface area contributed by atoms with Crippen LogP contribution in [0.2, 0.25) is 0 Å². The molecule has 0 unspecified atom stereocenters. The summed E-state index contributed by atoms with van der Waals surface area (Å²) in [7, 11) is 0. The van der Waals surface area contributed by atoms with Crippen molar-refractivity contribution in [1.29, 1.82) is 0 Å². The second-order valence-corrected chi connectivity index (χ2v) is 14.9. The van der Waals surface area contributed by atoms with Crippen LogP contribution in [0.3, 0.4) is 0 Å². The molecule has 0 spiro atoms. The molecule has 0 bridgehead atoms. The minimum absolute atomic E-state index is 1.14. The van der Waals surface area contributed by atoms with Crippen molar-refractivity contribution in [3.63, 3.8) is 0 Å². The van der Waals surface area contributed by atoms with Gasteiger partial charge in [-0.3, -0.25) is 0 Å². The standard InChI is InChI=1S/C54H35N3/c1-2-15-36(16-3-1)41-19-4-9-24-48(41)57-52-28-13-8-23-45(52)47-34-38(30-32-54(47)57)37-29-31-53-46(33-37)44-22-7-12-27-51(44)56(53)40-18-14-17-39(35-40)55-49-25-10-5-20-42(49)43-21-6-11-26-50(43)55/h1-35H. The van der Waals surface area contributed by atoms with Crippen LogP contribution >= 0.6 is 0 Å². The van der Waals surface area contributed by atoms with Crippen LogP contribution in [-0.2, 0) is 0 Å². The van der Waals surface area contributed by atoms with Crippen molar-refractivity contribution in [2.24, 2.45) is 0 Å². The molecule has 0 aliphatic rings. The Balaban J connectivity index is 1.02. The Bertz CT molecular complexity index is 3470. The summed E-state index contributed by atoms with van der Waals surface area (Å²) in [5.41, 5.74) is 15.5. The summed E-state index contributed by atoms with van der Waals surface area (Å²) in [6.45, 7) is 0. The van der Waals surface area contributed by atoms with Gasteiger partial charge in [-0.25, -0.2) is 0 Å². The number of para-hydroxylation sites is 5. The summed E-state index contributed by atoms with van der Waals surface area (Å²) in [4.78, 5) is 0. The molecule has 0 fully saturated rings. The molecule has 12 rings (SSSR count). The average Bonchev–Trinajstić information content (AvgIpc) is 3.92. The van der Waals surface area contributed by atoms with Crippen LogP contribution in [0.1, 0.15) is 0 Å². The van der Waals surface area contributed by atoms with Gasteiger partial charge in [0.1, 0.15) is 0 Å². The lowest BCUT2D eigenvalue weighted by Crippen LogP contribution is -1.98. The smallest absolute Gasteiger partial charge is 0.0541 e. The van der Waals surface area contributed by atoms with E-state index in [0.717, 1.165) is 11.4 Å². The van der Waals surface area contributed by atoms with Gasteiger partial charge in [-0.1, -0.05) is 140 Å². The molecular weight excluding hydrogens is 691 g/mol. The molecule has 57 heavy (non-hydrogen) atoms. The maximum atomic E-state index is 2.43. The van der Waals surface area contributed by atoms with Crippen LogP contribution in [0.15, 0.2) is 212 Å². The van der Waals surface area contributed by atoms with E-state index in [1.54, 1.807) is 0 Å². The fourth-order valence-corrected chi connectivity index (χ4v) is 9.35. The highest BCUT2D eigenvalue weighted by molar-refractivity contribution is 6.13. The van der Waals surface area contributed by atoms with Crippen LogP contribution < -0.4 is 0 Å². The molecule has 12 aromatic rings. The lowest BCUT2D eigenvalue weighted by atomic mass is 10.0. The molecule has 9 aromatic carbocycles. The molecule has 0 atom stereocenters. The third-order valence-corrected chi connectivity index (χ3v) is 11.8. The quantitative estimate of drug-likeness (QED) is 0.168. The topological polar surface area (TPSA) is 14.8 Å². The molecule has 3 heterocycles. The number of rotatable bonds is 5. The molecule has 0 N–H and O–H groups in total. The predicted molar refractivity (Wildman–Crippen MR) is 240 cm³/mol. The molecular formula is C54H35N3. The molecule has 0 aliphatic carbocycles. The normalized spacial score (nSPS) is 11.9. The lowest BCUT2D eigenvalue weighted by molar-refractivity contribution is 1.13. The number of hydrogen-bond donors (Lipinski definition) is 0. The molecule has 3 heteroatoms. The largest absolute Gasteiger partial charge is 0.309 e. The van der Waals surface area contributed by atoms with Crippen LogP contribution in [0.25, 0.3) is 105 Å². The summed E-state index contributed by atoms with van der Waals surface area (Å²) >= 11 is 0. The fourth-order valence-electron chi connectivity index (χ4n) is 9.35. The molecule has 0 saturated carbocycles. The SMILES string of the molecule is c1ccc(-c2ccccc2-n2c3ccccc3c3cc(-c4ccc5c(c4)c4ccccc4n5-c4cccc(-n5c6ccccc6c6ccccc65)c4)ccc32)cc1. The van der Waals surface area contributed by atoms with Crippen molar-refractivity contribution in [3.05, 3.63) is 212 Å². The number of benzene rings is 9. The fraction of sp³-hybridized carbons (Fsp3) is 0. The first kappa shape index (κ1) is 31.7. The second-order valence-electron chi connectivity index (χ2n) is 14.9. The molecule has 0 aliphatic heterocycles. The van der Waals surface area contributed by atoms with Crippen LogP contribution in [0, 0.1) is 0 Å². The zero-order chi connectivity index (χ0) is 37.5. The predicted octanol–water partition coefficient (Wildman–Crippen LogP) is 14.3. The van der Waals surface area contributed by atoms with Gasteiger partial charge in [-0.15, -0.1) is 0 Å². The Morgan fingerprint density at radius 2 is 0.632 bits per heavy atom. The molecule has 3 nitrogen and oxygen atoms in total. The van der Waals surface area contributed by atoms with Gasteiger partial charge in [-0.2, -0.15) is 0 Å². The van der Waals surface area contributed by atoms with Crippen molar-refractivity contribution in [1.82, 2.24) is 13.7 Å². The Hall–Kier alpha value is -7.62. The van der Waals surface area contributed by atoms with Gasteiger partial charge >= 0.3 is 0 Å². The van der Waals surface area contributed by atoms with E-state index >= 15 is 0 Å². The minimum Gasteiger partial charge on any atom is -0.309 e. The van der Waals surface area contributed by atoms with Crippen molar-refractivity contribution < 1.29 is 0 Å². The van der Waals surface area contributed by atoms with E-state index in [0.29, 0.717) is 0 Å². The molecule has 0 radical (unpaired) electrons. The maximum Gasteiger partial charge on any atom is 0.0541 e.